The lowest BCUT2D eigenvalue weighted by Gasteiger charge is -2.59. The minimum absolute atomic E-state index is 0.137. The minimum atomic E-state index is -0.555. The van der Waals surface area contributed by atoms with Crippen molar-refractivity contribution in [3.8, 4) is 0 Å². The second-order valence-electron chi connectivity index (χ2n) is 12.7. The van der Waals surface area contributed by atoms with Crippen molar-refractivity contribution in [2.75, 3.05) is 6.54 Å². The molecule has 5 rings (SSSR count). The van der Waals surface area contributed by atoms with Crippen molar-refractivity contribution in [1.82, 2.24) is 5.32 Å². The molecule has 4 aliphatic carbocycles. The van der Waals surface area contributed by atoms with Gasteiger partial charge in [0.25, 0.3) is 0 Å². The van der Waals surface area contributed by atoms with Crippen LogP contribution in [0.1, 0.15) is 96.1 Å². The maximum Gasteiger partial charge on any atom is 0.433 e. The molecule has 6 nitrogen and oxygen atoms in total. The number of rotatable bonds is 8. The summed E-state index contributed by atoms with van der Waals surface area (Å²) >= 11 is 0. The molecule has 0 aliphatic heterocycles. The van der Waals surface area contributed by atoms with Gasteiger partial charge in [0.2, 0.25) is 0 Å². The number of Topliss-reactive ketones (excluding diaryl/α,β-unsaturated/α-hetero) is 1. The van der Waals surface area contributed by atoms with E-state index in [9.17, 15) is 14.4 Å². The van der Waals surface area contributed by atoms with Crippen molar-refractivity contribution < 1.29 is 19.2 Å². The van der Waals surface area contributed by atoms with Gasteiger partial charge in [-0.05, 0) is 124 Å². The Morgan fingerprint density at radius 2 is 1.87 bits per heavy atom. The summed E-state index contributed by atoms with van der Waals surface area (Å²) in [5.74, 6) is 2.87. The highest BCUT2D eigenvalue weighted by Crippen LogP contribution is 2.68. The third-order valence-electron chi connectivity index (χ3n) is 10.9. The molecule has 0 heterocycles. The minimum Gasteiger partial charge on any atom is -0.320 e. The van der Waals surface area contributed by atoms with Crippen LogP contribution in [0.3, 0.4) is 0 Å². The van der Waals surface area contributed by atoms with Crippen LogP contribution in [-0.4, -0.2) is 30.4 Å². The molecule has 39 heavy (non-hydrogen) atoms. The number of benzene rings is 1. The number of fused-ring (bicyclic) bond motifs is 5. The molecule has 0 spiro atoms. The van der Waals surface area contributed by atoms with E-state index in [1.54, 1.807) is 6.21 Å². The topological polar surface area (TPSA) is 84.8 Å². The maximum atomic E-state index is 12.9. The van der Waals surface area contributed by atoms with Crippen LogP contribution in [0, 0.1) is 34.5 Å². The van der Waals surface area contributed by atoms with Crippen LogP contribution < -0.4 is 5.32 Å². The van der Waals surface area contributed by atoms with E-state index in [-0.39, 0.29) is 16.7 Å². The lowest BCUT2D eigenvalue weighted by Crippen LogP contribution is -2.52. The van der Waals surface area contributed by atoms with Crippen molar-refractivity contribution in [2.24, 2.45) is 39.7 Å². The van der Waals surface area contributed by atoms with E-state index in [1.165, 1.54) is 30.4 Å². The SMILES string of the molecule is CCNC(=O)O/N=C/c1ccc(CCC[C@]23CC[C@@H]4[C@@H](CCC5=CC(=O)CC[C@]54C)C2CC[C@@H]3C(C)=O)cc1. The number of ketones is 2. The summed E-state index contributed by atoms with van der Waals surface area (Å²) in [4.78, 5) is 41.2. The zero-order chi connectivity index (χ0) is 27.6. The van der Waals surface area contributed by atoms with E-state index >= 15 is 0 Å². The Hall–Kier alpha value is -2.76. The average Bonchev–Trinajstić information content (AvgIpc) is 3.30. The molecular formula is C33H44N2O4. The van der Waals surface area contributed by atoms with Gasteiger partial charge in [-0.2, -0.15) is 0 Å². The van der Waals surface area contributed by atoms with Crippen LogP contribution in [0.4, 0.5) is 4.79 Å². The molecule has 0 radical (unpaired) electrons. The van der Waals surface area contributed by atoms with Crippen LogP contribution >= 0.6 is 0 Å². The third kappa shape index (κ3) is 5.36. The molecule has 1 aromatic rings. The molecule has 0 saturated heterocycles. The smallest absolute Gasteiger partial charge is 0.320 e. The number of allylic oxidation sites excluding steroid dienone is 1. The fourth-order valence-corrected chi connectivity index (χ4v) is 9.17. The first-order valence-electron chi connectivity index (χ1n) is 15.1. The molecule has 3 fully saturated rings. The number of amides is 1. The molecule has 1 amide bonds. The number of aryl methyl sites for hydroxylation is 1. The normalized spacial score (nSPS) is 33.6. The Morgan fingerprint density at radius 1 is 1.08 bits per heavy atom. The van der Waals surface area contributed by atoms with Crippen molar-refractivity contribution in [1.29, 1.82) is 0 Å². The summed E-state index contributed by atoms with van der Waals surface area (Å²) in [5.41, 5.74) is 3.89. The highest BCUT2D eigenvalue weighted by atomic mass is 16.7. The van der Waals surface area contributed by atoms with Crippen molar-refractivity contribution in [3.63, 3.8) is 0 Å². The number of nitrogens with one attached hydrogen (secondary N) is 1. The van der Waals surface area contributed by atoms with Gasteiger partial charge < -0.3 is 5.32 Å². The highest BCUT2D eigenvalue weighted by Gasteiger charge is 2.61. The van der Waals surface area contributed by atoms with Gasteiger partial charge in [0, 0.05) is 18.9 Å². The molecule has 3 saturated carbocycles. The van der Waals surface area contributed by atoms with Crippen molar-refractivity contribution in [3.05, 3.63) is 47.0 Å². The lowest BCUT2D eigenvalue weighted by molar-refractivity contribution is -0.130. The zero-order valence-corrected chi connectivity index (χ0v) is 23.8. The molecular weight excluding hydrogens is 488 g/mol. The molecule has 1 aromatic carbocycles. The van der Waals surface area contributed by atoms with E-state index in [2.05, 4.69) is 29.5 Å². The first-order chi connectivity index (χ1) is 18.8. The number of nitrogens with zero attached hydrogens (tertiary/aromatic N) is 1. The van der Waals surface area contributed by atoms with Gasteiger partial charge in [0.1, 0.15) is 5.78 Å². The molecule has 1 N–H and O–H groups in total. The van der Waals surface area contributed by atoms with Gasteiger partial charge in [-0.15, -0.1) is 0 Å². The van der Waals surface area contributed by atoms with Crippen LogP contribution in [0.5, 0.6) is 0 Å². The number of hydrogen-bond acceptors (Lipinski definition) is 5. The summed E-state index contributed by atoms with van der Waals surface area (Å²) in [6.07, 6.45) is 14.7. The number of hydrogen-bond donors (Lipinski definition) is 1. The van der Waals surface area contributed by atoms with Gasteiger partial charge in [-0.25, -0.2) is 4.79 Å². The van der Waals surface area contributed by atoms with Gasteiger partial charge in [0.05, 0.1) is 6.21 Å². The van der Waals surface area contributed by atoms with Crippen LogP contribution in [0.15, 0.2) is 41.1 Å². The van der Waals surface area contributed by atoms with Crippen molar-refractivity contribution in [2.45, 2.75) is 91.4 Å². The second kappa shape index (κ2) is 11.4. The number of carbonyl (C=O) groups is 3. The largest absolute Gasteiger partial charge is 0.433 e. The van der Waals surface area contributed by atoms with Gasteiger partial charge >= 0.3 is 6.09 Å². The van der Waals surface area contributed by atoms with Gasteiger partial charge in [-0.3, -0.25) is 14.4 Å². The molecule has 0 aromatic heterocycles. The first kappa shape index (κ1) is 27.8. The monoisotopic (exact) mass is 532 g/mol. The summed E-state index contributed by atoms with van der Waals surface area (Å²) in [5, 5.41) is 6.29. The molecule has 6 heteroatoms. The van der Waals surface area contributed by atoms with Crippen LogP contribution in [-0.2, 0) is 20.8 Å². The fourth-order valence-electron chi connectivity index (χ4n) is 9.17. The number of oxime groups is 1. The standard InChI is InChI=1S/C33H44N2O4/c1-4-34-31(38)39-35-21-24-9-7-23(8-10-24)6-5-17-33-19-16-29-27(30(33)14-13-28(33)22(2)36)12-11-25-20-26(37)15-18-32(25,29)3/h7-10,20-21,27-30H,4-6,11-19H2,1-3H3,(H,34,38)/b35-21+/t27-,28-,29-,30?,32-,33-/m1/s1. The molecule has 0 bridgehead atoms. The van der Waals surface area contributed by atoms with E-state index in [0.29, 0.717) is 42.3 Å². The van der Waals surface area contributed by atoms with E-state index in [4.69, 9.17) is 4.84 Å². The quantitative estimate of drug-likeness (QED) is 0.226. The Kier molecular flexibility index (Phi) is 8.11. The second-order valence-corrected chi connectivity index (χ2v) is 12.7. The summed E-state index contributed by atoms with van der Waals surface area (Å²) in [6, 6.07) is 8.25. The van der Waals surface area contributed by atoms with Crippen LogP contribution in [0.2, 0.25) is 0 Å². The molecule has 6 atom stereocenters. The van der Waals surface area contributed by atoms with Gasteiger partial charge in [0.15, 0.2) is 5.78 Å². The molecule has 4 aliphatic rings. The molecule has 210 valence electrons. The van der Waals surface area contributed by atoms with E-state index in [0.717, 1.165) is 50.5 Å². The fraction of sp³-hybridized carbons (Fsp3) is 0.636. The Labute approximate surface area is 233 Å². The number of carbonyl (C=O) groups excluding carboxylic acids is 3. The Bertz CT molecular complexity index is 1150. The summed E-state index contributed by atoms with van der Waals surface area (Å²) in [7, 11) is 0. The van der Waals surface area contributed by atoms with E-state index in [1.807, 2.05) is 32.1 Å². The van der Waals surface area contributed by atoms with E-state index < -0.39 is 6.09 Å². The summed E-state index contributed by atoms with van der Waals surface area (Å²) < 4.78 is 0. The Balaban J connectivity index is 1.25. The van der Waals surface area contributed by atoms with Crippen molar-refractivity contribution >= 4 is 23.9 Å². The predicted molar refractivity (Wildman–Crippen MR) is 152 cm³/mol. The highest BCUT2D eigenvalue weighted by molar-refractivity contribution is 5.91. The predicted octanol–water partition coefficient (Wildman–Crippen LogP) is 6.81. The van der Waals surface area contributed by atoms with Gasteiger partial charge in [-0.1, -0.05) is 41.9 Å². The average molecular weight is 533 g/mol. The van der Waals surface area contributed by atoms with Crippen LogP contribution in [0.25, 0.3) is 0 Å². The first-order valence-corrected chi connectivity index (χ1v) is 15.1. The zero-order valence-electron chi connectivity index (χ0n) is 23.8. The lowest BCUT2D eigenvalue weighted by atomic mass is 9.45. The third-order valence-corrected chi connectivity index (χ3v) is 10.9. The maximum absolute atomic E-state index is 12.9. The Morgan fingerprint density at radius 3 is 2.62 bits per heavy atom. The molecule has 1 unspecified atom stereocenters. The summed E-state index contributed by atoms with van der Waals surface area (Å²) in [6.45, 7) is 6.59.